The third-order valence-electron chi connectivity index (χ3n) is 4.11. The van der Waals surface area contributed by atoms with Gasteiger partial charge in [0, 0.05) is 0 Å². The Bertz CT molecular complexity index is 931. The summed E-state index contributed by atoms with van der Waals surface area (Å²) >= 11 is 0. The highest BCUT2D eigenvalue weighted by Crippen LogP contribution is 2.31. The molecule has 0 spiro atoms. The molecule has 0 aliphatic carbocycles. The maximum Gasteiger partial charge on any atom is -0.00990 e. The summed E-state index contributed by atoms with van der Waals surface area (Å²) in [5.74, 6) is 0. The molecule has 0 saturated carbocycles. The van der Waals surface area contributed by atoms with Gasteiger partial charge in [-0.1, -0.05) is 72.3 Å². The van der Waals surface area contributed by atoms with Crippen LogP contribution >= 0.6 is 0 Å². The molecule has 0 fully saturated rings. The van der Waals surface area contributed by atoms with Crippen LogP contribution in [0.2, 0.25) is 0 Å². The van der Waals surface area contributed by atoms with Gasteiger partial charge in [-0.2, -0.15) is 0 Å². The molecular formula is C21H16. The minimum absolute atomic E-state index is 1.28. The molecule has 4 aromatic carbocycles. The van der Waals surface area contributed by atoms with Crippen LogP contribution in [-0.2, 0) is 0 Å². The summed E-state index contributed by atoms with van der Waals surface area (Å²) in [5, 5.41) is 5.21. The third kappa shape index (κ3) is 2.09. The van der Waals surface area contributed by atoms with Crippen molar-refractivity contribution >= 4 is 21.5 Å². The fourth-order valence-corrected chi connectivity index (χ4v) is 2.95. The molecule has 21 heavy (non-hydrogen) atoms. The van der Waals surface area contributed by atoms with Gasteiger partial charge in [0.05, 0.1) is 0 Å². The number of rotatable bonds is 1. The Morgan fingerprint density at radius 3 is 2.00 bits per heavy atom. The van der Waals surface area contributed by atoms with E-state index in [1.807, 2.05) is 0 Å². The van der Waals surface area contributed by atoms with E-state index in [0.29, 0.717) is 0 Å². The fraction of sp³-hybridized carbons (Fsp3) is 0.0476. The standard InChI is InChI=1S/C21H16/c1-15-9-11-16(12-10-15)20-8-4-7-19-13-17-5-2-3-6-18(17)14-21(19)20/h2-14H,1H3. The van der Waals surface area contributed by atoms with Crippen molar-refractivity contribution < 1.29 is 0 Å². The van der Waals surface area contributed by atoms with Gasteiger partial charge in [-0.3, -0.25) is 0 Å². The van der Waals surface area contributed by atoms with Crippen molar-refractivity contribution in [2.45, 2.75) is 6.92 Å². The molecule has 0 nitrogen and oxygen atoms in total. The topological polar surface area (TPSA) is 0 Å². The summed E-state index contributed by atoms with van der Waals surface area (Å²) in [7, 11) is 0. The minimum Gasteiger partial charge on any atom is -0.0616 e. The quantitative estimate of drug-likeness (QED) is 0.373. The van der Waals surface area contributed by atoms with Crippen molar-refractivity contribution in [3.8, 4) is 11.1 Å². The van der Waals surface area contributed by atoms with Crippen LogP contribution in [0.25, 0.3) is 32.7 Å². The van der Waals surface area contributed by atoms with Crippen LogP contribution in [0, 0.1) is 6.92 Å². The molecule has 0 unspecified atom stereocenters. The van der Waals surface area contributed by atoms with E-state index in [1.54, 1.807) is 0 Å². The Morgan fingerprint density at radius 2 is 1.24 bits per heavy atom. The van der Waals surface area contributed by atoms with E-state index in [2.05, 4.69) is 85.8 Å². The number of aryl methyl sites for hydroxylation is 1. The number of benzene rings is 4. The molecule has 0 bridgehead atoms. The van der Waals surface area contributed by atoms with Gasteiger partial charge < -0.3 is 0 Å². The Labute approximate surface area is 124 Å². The summed E-state index contributed by atoms with van der Waals surface area (Å²) in [6.45, 7) is 2.13. The average molecular weight is 268 g/mol. The monoisotopic (exact) mass is 268 g/mol. The molecule has 0 radical (unpaired) electrons. The molecule has 0 saturated heterocycles. The Balaban J connectivity index is 2.04. The molecule has 0 heterocycles. The Morgan fingerprint density at radius 1 is 0.571 bits per heavy atom. The van der Waals surface area contributed by atoms with Crippen molar-refractivity contribution in [1.29, 1.82) is 0 Å². The lowest BCUT2D eigenvalue weighted by Crippen LogP contribution is -1.83. The molecule has 4 rings (SSSR count). The van der Waals surface area contributed by atoms with Crippen molar-refractivity contribution in [1.82, 2.24) is 0 Å². The summed E-state index contributed by atoms with van der Waals surface area (Å²) < 4.78 is 0. The van der Waals surface area contributed by atoms with E-state index < -0.39 is 0 Å². The number of fused-ring (bicyclic) bond motifs is 2. The van der Waals surface area contributed by atoms with E-state index in [-0.39, 0.29) is 0 Å². The van der Waals surface area contributed by atoms with E-state index in [4.69, 9.17) is 0 Å². The lowest BCUT2D eigenvalue weighted by molar-refractivity contribution is 1.47. The first-order valence-electron chi connectivity index (χ1n) is 7.30. The van der Waals surface area contributed by atoms with E-state index in [1.165, 1.54) is 38.2 Å². The van der Waals surface area contributed by atoms with Gasteiger partial charge in [-0.05, 0) is 51.7 Å². The molecule has 0 atom stereocenters. The zero-order valence-electron chi connectivity index (χ0n) is 12.0. The predicted octanol–water partition coefficient (Wildman–Crippen LogP) is 5.97. The highest BCUT2D eigenvalue weighted by atomic mass is 14.1. The third-order valence-corrected chi connectivity index (χ3v) is 4.11. The van der Waals surface area contributed by atoms with Crippen LogP contribution in [0.15, 0.2) is 78.9 Å². The molecule has 4 aromatic rings. The van der Waals surface area contributed by atoms with Gasteiger partial charge >= 0.3 is 0 Å². The van der Waals surface area contributed by atoms with Crippen LogP contribution in [0.5, 0.6) is 0 Å². The van der Waals surface area contributed by atoms with Gasteiger partial charge in [0.25, 0.3) is 0 Å². The number of hydrogen-bond acceptors (Lipinski definition) is 0. The summed E-state index contributed by atoms with van der Waals surface area (Å²) in [4.78, 5) is 0. The molecular weight excluding hydrogens is 252 g/mol. The summed E-state index contributed by atoms with van der Waals surface area (Å²) in [6.07, 6.45) is 0. The summed E-state index contributed by atoms with van der Waals surface area (Å²) in [5.41, 5.74) is 3.88. The minimum atomic E-state index is 1.28. The predicted molar refractivity (Wildman–Crippen MR) is 91.6 cm³/mol. The zero-order valence-corrected chi connectivity index (χ0v) is 12.0. The largest absolute Gasteiger partial charge is 0.0616 e. The molecule has 0 aliphatic heterocycles. The molecule has 0 aliphatic rings. The second kappa shape index (κ2) is 4.75. The Hall–Kier alpha value is -2.60. The fourth-order valence-electron chi connectivity index (χ4n) is 2.95. The van der Waals surface area contributed by atoms with Crippen LogP contribution in [0.4, 0.5) is 0 Å². The van der Waals surface area contributed by atoms with E-state index in [9.17, 15) is 0 Å². The molecule has 100 valence electrons. The average Bonchev–Trinajstić information content (AvgIpc) is 2.53. The maximum atomic E-state index is 2.31. The van der Waals surface area contributed by atoms with Gasteiger partial charge in [0.1, 0.15) is 0 Å². The van der Waals surface area contributed by atoms with Gasteiger partial charge in [-0.15, -0.1) is 0 Å². The second-order valence-corrected chi connectivity index (χ2v) is 5.59. The highest BCUT2D eigenvalue weighted by molar-refractivity contribution is 6.04. The lowest BCUT2D eigenvalue weighted by Gasteiger charge is -2.09. The van der Waals surface area contributed by atoms with Crippen molar-refractivity contribution in [3.05, 3.63) is 84.4 Å². The van der Waals surface area contributed by atoms with E-state index >= 15 is 0 Å². The first-order valence-corrected chi connectivity index (χ1v) is 7.30. The van der Waals surface area contributed by atoms with Gasteiger partial charge in [-0.25, -0.2) is 0 Å². The molecule has 0 N–H and O–H groups in total. The van der Waals surface area contributed by atoms with Crippen LogP contribution in [0.1, 0.15) is 5.56 Å². The van der Waals surface area contributed by atoms with Crippen molar-refractivity contribution in [3.63, 3.8) is 0 Å². The number of hydrogen-bond donors (Lipinski definition) is 0. The van der Waals surface area contributed by atoms with Gasteiger partial charge in [0.15, 0.2) is 0 Å². The highest BCUT2D eigenvalue weighted by Gasteiger charge is 2.05. The van der Waals surface area contributed by atoms with Crippen molar-refractivity contribution in [2.24, 2.45) is 0 Å². The van der Waals surface area contributed by atoms with Crippen LogP contribution < -0.4 is 0 Å². The smallest absolute Gasteiger partial charge is 0.00990 e. The first kappa shape index (κ1) is 12.2. The van der Waals surface area contributed by atoms with Crippen LogP contribution in [0.3, 0.4) is 0 Å². The first-order chi connectivity index (χ1) is 10.3. The second-order valence-electron chi connectivity index (χ2n) is 5.59. The Kier molecular flexibility index (Phi) is 2.75. The van der Waals surface area contributed by atoms with Gasteiger partial charge in [0.2, 0.25) is 0 Å². The van der Waals surface area contributed by atoms with Crippen molar-refractivity contribution in [2.75, 3.05) is 0 Å². The summed E-state index contributed by atoms with van der Waals surface area (Å²) in [6, 6.07) is 28.5. The zero-order chi connectivity index (χ0) is 14.2. The molecule has 0 aromatic heterocycles. The van der Waals surface area contributed by atoms with Crippen LogP contribution in [-0.4, -0.2) is 0 Å². The lowest BCUT2D eigenvalue weighted by atomic mass is 9.95. The normalized spacial score (nSPS) is 11.1. The molecule has 0 amide bonds. The van der Waals surface area contributed by atoms with E-state index in [0.717, 1.165) is 0 Å². The maximum absolute atomic E-state index is 2.31. The SMILES string of the molecule is Cc1ccc(-c2cccc3cc4ccccc4cc23)cc1. The molecule has 0 heteroatoms.